The molecule has 4 aromatic rings. The van der Waals surface area contributed by atoms with E-state index < -0.39 is 18.4 Å². The van der Waals surface area contributed by atoms with Crippen molar-refractivity contribution in [2.45, 2.75) is 32.2 Å². The topological polar surface area (TPSA) is 114 Å². The van der Waals surface area contributed by atoms with Gasteiger partial charge in [0, 0.05) is 56.4 Å². The number of carbonyl (C=O) groups is 3. The Labute approximate surface area is 218 Å². The summed E-state index contributed by atoms with van der Waals surface area (Å²) in [5.41, 5.74) is 3.25. The van der Waals surface area contributed by atoms with Gasteiger partial charge in [0.1, 0.15) is 18.9 Å². The summed E-state index contributed by atoms with van der Waals surface area (Å²) in [4.78, 5) is 38.8. The van der Waals surface area contributed by atoms with Crippen molar-refractivity contribution in [1.29, 1.82) is 0 Å². The van der Waals surface area contributed by atoms with Crippen LogP contribution < -0.4 is 0 Å². The SMILES string of the molecule is CC(=O)N1CCC(c2nn(CC(=O)N(C)CC(=O)O)c3cccc(-c4cc5c(cnn5C)cc4F)c23)CC1. The van der Waals surface area contributed by atoms with Gasteiger partial charge in [0.15, 0.2) is 0 Å². The van der Waals surface area contributed by atoms with Crippen molar-refractivity contribution in [2.24, 2.45) is 7.05 Å². The van der Waals surface area contributed by atoms with Crippen LogP contribution in [0.4, 0.5) is 4.39 Å². The molecular formula is C27H29FN6O4. The molecule has 10 nitrogen and oxygen atoms in total. The number of fused-ring (bicyclic) bond motifs is 2. The second kappa shape index (κ2) is 9.88. The van der Waals surface area contributed by atoms with Crippen LogP contribution in [-0.4, -0.2) is 78.9 Å². The number of carbonyl (C=O) groups excluding carboxylic acids is 2. The number of aromatic nitrogens is 4. The van der Waals surface area contributed by atoms with E-state index in [0.29, 0.717) is 48.0 Å². The number of carboxylic acids is 1. The van der Waals surface area contributed by atoms with Crippen molar-refractivity contribution in [2.75, 3.05) is 26.7 Å². The van der Waals surface area contributed by atoms with Crippen molar-refractivity contribution < 1.29 is 23.9 Å². The summed E-state index contributed by atoms with van der Waals surface area (Å²) >= 11 is 0. The van der Waals surface area contributed by atoms with Crippen LogP contribution in [0.15, 0.2) is 36.5 Å². The van der Waals surface area contributed by atoms with Gasteiger partial charge in [0.2, 0.25) is 11.8 Å². The van der Waals surface area contributed by atoms with Crippen LogP contribution >= 0.6 is 0 Å². The first kappa shape index (κ1) is 25.4. The molecule has 1 N–H and O–H groups in total. The van der Waals surface area contributed by atoms with Crippen LogP contribution in [0.5, 0.6) is 0 Å². The number of likely N-dealkylation sites (N-methyl/N-ethyl adjacent to an activating group) is 1. The zero-order valence-electron chi connectivity index (χ0n) is 21.5. The molecule has 0 atom stereocenters. The van der Waals surface area contributed by atoms with Crippen LogP contribution in [0.3, 0.4) is 0 Å². The van der Waals surface area contributed by atoms with E-state index in [2.05, 4.69) is 5.10 Å². The van der Waals surface area contributed by atoms with Gasteiger partial charge >= 0.3 is 5.97 Å². The molecule has 2 aromatic carbocycles. The van der Waals surface area contributed by atoms with Gasteiger partial charge < -0.3 is 14.9 Å². The average molecular weight is 521 g/mol. The highest BCUT2D eigenvalue weighted by molar-refractivity contribution is 6.00. The molecule has 1 saturated heterocycles. The van der Waals surface area contributed by atoms with Gasteiger partial charge in [-0.05, 0) is 36.6 Å². The third-order valence-electron chi connectivity index (χ3n) is 7.34. The molecule has 0 radical (unpaired) electrons. The largest absolute Gasteiger partial charge is 0.480 e. The molecule has 0 spiro atoms. The molecule has 0 bridgehead atoms. The van der Waals surface area contributed by atoms with Gasteiger partial charge in [-0.3, -0.25) is 23.7 Å². The summed E-state index contributed by atoms with van der Waals surface area (Å²) in [6, 6.07) is 8.73. The van der Waals surface area contributed by atoms with E-state index in [1.807, 2.05) is 12.1 Å². The molecule has 2 aromatic heterocycles. The number of benzene rings is 2. The zero-order valence-corrected chi connectivity index (χ0v) is 21.5. The Morgan fingerprint density at radius 2 is 1.87 bits per heavy atom. The predicted molar refractivity (Wildman–Crippen MR) is 139 cm³/mol. The maximum atomic E-state index is 15.5. The van der Waals surface area contributed by atoms with E-state index in [1.165, 1.54) is 13.1 Å². The average Bonchev–Trinajstić information content (AvgIpc) is 3.43. The molecule has 0 unspecified atom stereocenters. The van der Waals surface area contributed by atoms with E-state index in [-0.39, 0.29) is 24.2 Å². The molecule has 0 aliphatic carbocycles. The lowest BCUT2D eigenvalue weighted by Gasteiger charge is -2.30. The molecule has 1 aliphatic heterocycles. The zero-order chi connectivity index (χ0) is 27.1. The number of piperidine rings is 1. The van der Waals surface area contributed by atoms with Crippen molar-refractivity contribution in [3.8, 4) is 11.1 Å². The van der Waals surface area contributed by atoms with Gasteiger partial charge in [0.25, 0.3) is 0 Å². The third-order valence-corrected chi connectivity index (χ3v) is 7.34. The first-order valence-electron chi connectivity index (χ1n) is 12.5. The van der Waals surface area contributed by atoms with Gasteiger partial charge in [-0.15, -0.1) is 0 Å². The lowest BCUT2D eigenvalue weighted by Crippen LogP contribution is -2.36. The number of halogens is 1. The monoisotopic (exact) mass is 520 g/mol. The van der Waals surface area contributed by atoms with Gasteiger partial charge in [-0.1, -0.05) is 12.1 Å². The minimum Gasteiger partial charge on any atom is -0.480 e. The Bertz CT molecular complexity index is 1570. The summed E-state index contributed by atoms with van der Waals surface area (Å²) in [6.07, 6.45) is 3.00. The number of carboxylic acid groups (broad SMARTS) is 1. The standard InChI is InChI=1S/C27H29FN6O4/c1-16(35)33-9-7-17(8-10-33)27-26-19(20-12-23-18(11-21(20)28)13-29-32(23)3)5-4-6-22(26)34(30-27)14-24(36)31(2)15-25(37)38/h4-6,11-13,17H,7-10,14-15H2,1-3H3,(H,37,38). The number of hydrogen-bond acceptors (Lipinski definition) is 5. The van der Waals surface area contributed by atoms with Gasteiger partial charge in [-0.25, -0.2) is 4.39 Å². The van der Waals surface area contributed by atoms with Crippen LogP contribution in [0.2, 0.25) is 0 Å². The Morgan fingerprint density at radius 1 is 1.13 bits per heavy atom. The van der Waals surface area contributed by atoms with Crippen molar-refractivity contribution in [3.05, 3.63) is 48.0 Å². The molecule has 5 rings (SSSR count). The molecule has 2 amide bonds. The van der Waals surface area contributed by atoms with Gasteiger partial charge in [-0.2, -0.15) is 10.2 Å². The van der Waals surface area contributed by atoms with Crippen LogP contribution in [0.25, 0.3) is 32.9 Å². The fraction of sp³-hybridized carbons (Fsp3) is 0.370. The number of likely N-dealkylation sites (tertiary alicyclic amines) is 1. The van der Waals surface area contributed by atoms with Crippen molar-refractivity contribution in [1.82, 2.24) is 29.4 Å². The highest BCUT2D eigenvalue weighted by atomic mass is 19.1. The molecule has 0 saturated carbocycles. The second-order valence-corrected chi connectivity index (χ2v) is 9.83. The fourth-order valence-electron chi connectivity index (χ4n) is 5.28. The Hall–Kier alpha value is -4.28. The number of aliphatic carboxylic acids is 1. The number of aryl methyl sites for hydroxylation is 1. The highest BCUT2D eigenvalue weighted by Gasteiger charge is 2.29. The Balaban J connectivity index is 1.64. The lowest BCUT2D eigenvalue weighted by molar-refractivity contribution is -0.143. The second-order valence-electron chi connectivity index (χ2n) is 9.83. The maximum absolute atomic E-state index is 15.5. The Kier molecular flexibility index (Phi) is 6.60. The molecule has 198 valence electrons. The van der Waals surface area contributed by atoms with Crippen molar-refractivity contribution in [3.63, 3.8) is 0 Å². The smallest absolute Gasteiger partial charge is 0.323 e. The van der Waals surface area contributed by atoms with E-state index in [4.69, 9.17) is 10.2 Å². The molecule has 38 heavy (non-hydrogen) atoms. The van der Waals surface area contributed by atoms with E-state index in [0.717, 1.165) is 21.5 Å². The summed E-state index contributed by atoms with van der Waals surface area (Å²) in [7, 11) is 3.24. The molecular weight excluding hydrogens is 491 g/mol. The highest BCUT2D eigenvalue weighted by Crippen LogP contribution is 2.39. The minimum absolute atomic E-state index is 0.00541. The summed E-state index contributed by atoms with van der Waals surface area (Å²) < 4.78 is 18.7. The van der Waals surface area contributed by atoms with Crippen molar-refractivity contribution >= 4 is 39.6 Å². The molecule has 1 aliphatic rings. The number of rotatable bonds is 6. The normalized spacial score (nSPS) is 14.4. The minimum atomic E-state index is -1.10. The molecule has 11 heteroatoms. The van der Waals surface area contributed by atoms with E-state index >= 15 is 4.39 Å². The molecule has 3 heterocycles. The lowest BCUT2D eigenvalue weighted by atomic mass is 9.89. The maximum Gasteiger partial charge on any atom is 0.323 e. The summed E-state index contributed by atoms with van der Waals surface area (Å²) in [6.45, 7) is 2.16. The first-order valence-corrected chi connectivity index (χ1v) is 12.5. The van der Waals surface area contributed by atoms with Crippen LogP contribution in [0, 0.1) is 5.82 Å². The number of nitrogens with zero attached hydrogens (tertiary/aromatic N) is 6. The van der Waals surface area contributed by atoms with Crippen LogP contribution in [0.1, 0.15) is 31.4 Å². The fourth-order valence-corrected chi connectivity index (χ4v) is 5.28. The summed E-state index contributed by atoms with van der Waals surface area (Å²) in [5, 5.41) is 19.6. The van der Waals surface area contributed by atoms with E-state index in [1.54, 1.807) is 46.6 Å². The number of amides is 2. The summed E-state index contributed by atoms with van der Waals surface area (Å²) in [5.74, 6) is -1.86. The Morgan fingerprint density at radius 3 is 2.55 bits per heavy atom. The van der Waals surface area contributed by atoms with E-state index in [9.17, 15) is 14.4 Å². The third kappa shape index (κ3) is 4.59. The van der Waals surface area contributed by atoms with Gasteiger partial charge in [0.05, 0.1) is 22.9 Å². The molecule has 1 fully saturated rings. The predicted octanol–water partition coefficient (Wildman–Crippen LogP) is 3.00. The number of hydrogen-bond donors (Lipinski definition) is 1. The first-order chi connectivity index (χ1) is 18.1. The quantitative estimate of drug-likeness (QED) is 0.418. The van der Waals surface area contributed by atoms with Crippen LogP contribution in [-0.2, 0) is 28.0 Å².